The number of piperidine rings is 1. The molecular formula is C16H27ClN2. The van der Waals surface area contributed by atoms with Crippen molar-refractivity contribution in [1.82, 2.24) is 4.90 Å². The van der Waals surface area contributed by atoms with Crippen molar-refractivity contribution in [3.05, 3.63) is 34.9 Å². The number of likely N-dealkylation sites (tertiary alicyclic amines) is 1. The smallest absolute Gasteiger partial charge is 0.0238 e. The molecule has 1 fully saturated rings. The summed E-state index contributed by atoms with van der Waals surface area (Å²) in [4.78, 5) is 2.58. The lowest BCUT2D eigenvalue weighted by Gasteiger charge is -2.34. The minimum absolute atomic E-state index is 0. The van der Waals surface area contributed by atoms with E-state index >= 15 is 0 Å². The van der Waals surface area contributed by atoms with Crippen LogP contribution in [0.1, 0.15) is 36.5 Å². The van der Waals surface area contributed by atoms with Crippen molar-refractivity contribution in [1.29, 1.82) is 0 Å². The van der Waals surface area contributed by atoms with Crippen LogP contribution in [0.25, 0.3) is 0 Å². The summed E-state index contributed by atoms with van der Waals surface area (Å²) in [7, 11) is 0. The Morgan fingerprint density at radius 1 is 1.21 bits per heavy atom. The summed E-state index contributed by atoms with van der Waals surface area (Å²) in [6, 6.07) is 6.94. The van der Waals surface area contributed by atoms with Crippen LogP contribution in [0.15, 0.2) is 18.2 Å². The zero-order valence-corrected chi connectivity index (χ0v) is 13.2. The minimum Gasteiger partial charge on any atom is -0.328 e. The van der Waals surface area contributed by atoms with Crippen molar-refractivity contribution < 1.29 is 0 Å². The van der Waals surface area contributed by atoms with Crippen molar-refractivity contribution in [3.63, 3.8) is 0 Å². The second-order valence-electron chi connectivity index (χ2n) is 5.84. The van der Waals surface area contributed by atoms with Gasteiger partial charge in [0.2, 0.25) is 0 Å². The third-order valence-corrected chi connectivity index (χ3v) is 4.40. The molecule has 1 aliphatic heterocycles. The standard InChI is InChI=1S/C16H26N2.ClH/c1-12-5-4-6-13(2)16(12)11-18-9-7-15(8-10-18)14(3)17;/h4-6,14-15H,7-11,17H2,1-3H3;1H. The Balaban J connectivity index is 0.00000180. The van der Waals surface area contributed by atoms with Crippen molar-refractivity contribution in [2.24, 2.45) is 11.7 Å². The highest BCUT2D eigenvalue weighted by Gasteiger charge is 2.22. The van der Waals surface area contributed by atoms with Gasteiger partial charge in [0.05, 0.1) is 0 Å². The van der Waals surface area contributed by atoms with E-state index < -0.39 is 0 Å². The maximum absolute atomic E-state index is 5.99. The van der Waals surface area contributed by atoms with Gasteiger partial charge in [0.15, 0.2) is 0 Å². The molecule has 2 nitrogen and oxygen atoms in total. The zero-order valence-electron chi connectivity index (χ0n) is 12.4. The van der Waals surface area contributed by atoms with Crippen LogP contribution in [0.4, 0.5) is 0 Å². The second-order valence-corrected chi connectivity index (χ2v) is 5.84. The summed E-state index contributed by atoms with van der Waals surface area (Å²) in [5.74, 6) is 0.721. The number of benzene rings is 1. The van der Waals surface area contributed by atoms with Crippen LogP contribution in [-0.4, -0.2) is 24.0 Å². The van der Waals surface area contributed by atoms with Gasteiger partial charge in [0.25, 0.3) is 0 Å². The van der Waals surface area contributed by atoms with E-state index in [1.165, 1.54) is 42.6 Å². The molecule has 2 rings (SSSR count). The highest BCUT2D eigenvalue weighted by Crippen LogP contribution is 2.23. The SMILES string of the molecule is Cc1cccc(C)c1CN1CCC(C(C)N)CC1.Cl. The van der Waals surface area contributed by atoms with Crippen LogP contribution in [0.5, 0.6) is 0 Å². The van der Waals surface area contributed by atoms with Gasteiger partial charge in [-0.25, -0.2) is 0 Å². The van der Waals surface area contributed by atoms with Gasteiger partial charge in [0, 0.05) is 12.6 Å². The van der Waals surface area contributed by atoms with Crippen LogP contribution in [-0.2, 0) is 6.54 Å². The molecule has 108 valence electrons. The molecule has 0 spiro atoms. The Labute approximate surface area is 123 Å². The predicted octanol–water partition coefficient (Wildman–Crippen LogP) is 3.28. The first kappa shape index (κ1) is 16.5. The summed E-state index contributed by atoms with van der Waals surface area (Å²) in [6.45, 7) is 10.1. The first-order valence-electron chi connectivity index (χ1n) is 7.11. The molecule has 1 aromatic rings. The monoisotopic (exact) mass is 282 g/mol. The zero-order chi connectivity index (χ0) is 13.1. The number of hydrogen-bond acceptors (Lipinski definition) is 2. The molecule has 1 saturated heterocycles. The van der Waals surface area contributed by atoms with E-state index in [2.05, 4.69) is 43.9 Å². The molecule has 3 heteroatoms. The molecule has 0 aliphatic carbocycles. The Morgan fingerprint density at radius 2 is 1.74 bits per heavy atom. The lowest BCUT2D eigenvalue weighted by Crippen LogP contribution is -2.39. The largest absolute Gasteiger partial charge is 0.328 e. The van der Waals surface area contributed by atoms with E-state index in [9.17, 15) is 0 Å². The van der Waals surface area contributed by atoms with Gasteiger partial charge in [-0.2, -0.15) is 0 Å². The average molecular weight is 283 g/mol. The van der Waals surface area contributed by atoms with Crippen molar-refractivity contribution in [2.45, 2.75) is 46.2 Å². The molecule has 1 atom stereocenters. The average Bonchev–Trinajstić information content (AvgIpc) is 2.34. The van der Waals surface area contributed by atoms with Crippen molar-refractivity contribution >= 4 is 12.4 Å². The van der Waals surface area contributed by atoms with Crippen LogP contribution >= 0.6 is 12.4 Å². The molecule has 0 aromatic heterocycles. The summed E-state index contributed by atoms with van der Waals surface area (Å²) < 4.78 is 0. The molecular weight excluding hydrogens is 256 g/mol. The van der Waals surface area contributed by atoms with Crippen LogP contribution < -0.4 is 5.73 Å². The minimum atomic E-state index is 0. The van der Waals surface area contributed by atoms with Gasteiger partial charge in [-0.05, 0) is 69.3 Å². The number of rotatable bonds is 3. The Kier molecular flexibility index (Phi) is 6.31. The highest BCUT2D eigenvalue weighted by molar-refractivity contribution is 5.85. The first-order valence-corrected chi connectivity index (χ1v) is 7.11. The third kappa shape index (κ3) is 4.20. The third-order valence-electron chi connectivity index (χ3n) is 4.40. The van der Waals surface area contributed by atoms with Crippen molar-refractivity contribution in [2.75, 3.05) is 13.1 Å². The molecule has 0 amide bonds. The second kappa shape index (κ2) is 7.28. The van der Waals surface area contributed by atoms with Gasteiger partial charge in [0.1, 0.15) is 0 Å². The maximum atomic E-state index is 5.99. The van der Waals surface area contributed by atoms with Crippen molar-refractivity contribution in [3.8, 4) is 0 Å². The molecule has 1 unspecified atom stereocenters. The van der Waals surface area contributed by atoms with Gasteiger partial charge < -0.3 is 5.73 Å². The quantitative estimate of drug-likeness (QED) is 0.922. The van der Waals surface area contributed by atoms with Crippen LogP contribution in [0.2, 0.25) is 0 Å². The number of nitrogens with zero attached hydrogens (tertiary/aromatic N) is 1. The topological polar surface area (TPSA) is 29.3 Å². The molecule has 1 heterocycles. The molecule has 0 radical (unpaired) electrons. The van der Waals surface area contributed by atoms with E-state index in [-0.39, 0.29) is 12.4 Å². The summed E-state index contributed by atoms with van der Waals surface area (Å²) >= 11 is 0. The highest BCUT2D eigenvalue weighted by atomic mass is 35.5. The number of hydrogen-bond donors (Lipinski definition) is 1. The van der Waals surface area contributed by atoms with Gasteiger partial charge in [-0.1, -0.05) is 18.2 Å². The lowest BCUT2D eigenvalue weighted by molar-refractivity contribution is 0.165. The van der Waals surface area contributed by atoms with Gasteiger partial charge in [-0.15, -0.1) is 12.4 Å². The molecule has 0 bridgehead atoms. The summed E-state index contributed by atoms with van der Waals surface area (Å²) in [6.07, 6.45) is 2.51. The van der Waals surface area contributed by atoms with Gasteiger partial charge in [-0.3, -0.25) is 4.90 Å². The molecule has 0 saturated carbocycles. The number of nitrogens with two attached hydrogens (primary N) is 1. The fraction of sp³-hybridized carbons (Fsp3) is 0.625. The first-order chi connectivity index (χ1) is 8.58. The summed E-state index contributed by atoms with van der Waals surface area (Å²) in [5, 5.41) is 0. The Bertz CT molecular complexity index is 375. The van der Waals surface area contributed by atoms with E-state index in [4.69, 9.17) is 5.73 Å². The van der Waals surface area contributed by atoms with E-state index in [0.29, 0.717) is 6.04 Å². The number of halogens is 1. The molecule has 19 heavy (non-hydrogen) atoms. The van der Waals surface area contributed by atoms with Crippen LogP contribution in [0.3, 0.4) is 0 Å². The van der Waals surface area contributed by atoms with Gasteiger partial charge >= 0.3 is 0 Å². The molecule has 1 aromatic carbocycles. The van der Waals surface area contributed by atoms with E-state index in [0.717, 1.165) is 12.5 Å². The summed E-state index contributed by atoms with van der Waals surface area (Å²) in [5.41, 5.74) is 10.3. The van der Waals surface area contributed by atoms with E-state index in [1.54, 1.807) is 0 Å². The Hall–Kier alpha value is -0.570. The molecule has 1 aliphatic rings. The number of aryl methyl sites for hydroxylation is 2. The Morgan fingerprint density at radius 3 is 2.21 bits per heavy atom. The lowest BCUT2D eigenvalue weighted by atomic mass is 9.90. The predicted molar refractivity (Wildman–Crippen MR) is 84.8 cm³/mol. The van der Waals surface area contributed by atoms with Crippen LogP contribution in [0, 0.1) is 19.8 Å². The fourth-order valence-electron chi connectivity index (χ4n) is 2.96. The fourth-order valence-corrected chi connectivity index (χ4v) is 2.96. The molecule has 2 N–H and O–H groups in total. The van der Waals surface area contributed by atoms with E-state index in [1.807, 2.05) is 0 Å². The normalized spacial score (nSPS) is 18.9. The maximum Gasteiger partial charge on any atom is 0.0238 e.